The van der Waals surface area contributed by atoms with Crippen LogP contribution in [0.15, 0.2) is 24.3 Å². The number of hydrogen-bond acceptors (Lipinski definition) is 2. The van der Waals surface area contributed by atoms with Crippen molar-refractivity contribution in [1.29, 1.82) is 0 Å². The Kier molecular flexibility index (Phi) is 4.58. The average Bonchev–Trinajstić information content (AvgIpc) is 2.75. The van der Waals surface area contributed by atoms with Crippen LogP contribution in [0.2, 0.25) is 0 Å². The fourth-order valence-electron chi connectivity index (χ4n) is 2.13. The second-order valence-electron chi connectivity index (χ2n) is 4.58. The Morgan fingerprint density at radius 3 is 2.84 bits per heavy atom. The van der Waals surface area contributed by atoms with E-state index in [-0.39, 0.29) is 16.6 Å². The van der Waals surface area contributed by atoms with Crippen LogP contribution in [0.5, 0.6) is 0 Å². The van der Waals surface area contributed by atoms with Gasteiger partial charge in [-0.2, -0.15) is 0 Å². The average molecular weight is 325 g/mol. The molecule has 1 aromatic rings. The van der Waals surface area contributed by atoms with Crippen LogP contribution in [0.4, 0.5) is 5.69 Å². The number of halogens is 1. The van der Waals surface area contributed by atoms with Crippen molar-refractivity contribution >= 4 is 33.4 Å². The predicted octanol–water partition coefficient (Wildman–Crippen LogP) is 2.33. The highest BCUT2D eigenvalue weighted by atomic mass is 79.9. The van der Waals surface area contributed by atoms with E-state index >= 15 is 0 Å². The van der Waals surface area contributed by atoms with Crippen molar-refractivity contribution in [3.63, 3.8) is 0 Å². The highest BCUT2D eigenvalue weighted by Crippen LogP contribution is 2.28. The van der Waals surface area contributed by atoms with Crippen LogP contribution < -0.4 is 10.2 Å². The van der Waals surface area contributed by atoms with Crippen LogP contribution in [0.3, 0.4) is 0 Å². The summed E-state index contributed by atoms with van der Waals surface area (Å²) in [6.07, 6.45) is 1.37. The van der Waals surface area contributed by atoms with Crippen molar-refractivity contribution in [1.82, 2.24) is 5.32 Å². The number of carbonyl (C=O) groups excluding carboxylic acids is 2. The van der Waals surface area contributed by atoms with E-state index in [9.17, 15) is 9.59 Å². The van der Waals surface area contributed by atoms with Gasteiger partial charge >= 0.3 is 0 Å². The molecule has 102 valence electrons. The van der Waals surface area contributed by atoms with Gasteiger partial charge in [-0.05, 0) is 18.6 Å². The van der Waals surface area contributed by atoms with Crippen LogP contribution in [0, 0.1) is 0 Å². The minimum absolute atomic E-state index is 0.0533. The second kappa shape index (κ2) is 6.19. The maximum absolute atomic E-state index is 12.1. The van der Waals surface area contributed by atoms with Crippen LogP contribution >= 0.6 is 15.9 Å². The van der Waals surface area contributed by atoms with Gasteiger partial charge in [0.25, 0.3) is 5.91 Å². The minimum Gasteiger partial charge on any atom is -0.352 e. The summed E-state index contributed by atoms with van der Waals surface area (Å²) >= 11 is 3.46. The zero-order chi connectivity index (χ0) is 13.8. The van der Waals surface area contributed by atoms with E-state index in [1.165, 1.54) is 0 Å². The first-order chi connectivity index (χ1) is 9.13. The summed E-state index contributed by atoms with van der Waals surface area (Å²) < 4.78 is 0. The fourth-order valence-corrected chi connectivity index (χ4v) is 2.70. The molecule has 0 aliphatic carbocycles. The van der Waals surface area contributed by atoms with E-state index in [1.54, 1.807) is 11.0 Å². The normalized spacial score (nSPS) is 18.7. The zero-order valence-corrected chi connectivity index (χ0v) is 12.4. The van der Waals surface area contributed by atoms with Crippen molar-refractivity contribution in [2.75, 3.05) is 18.0 Å². The molecule has 1 aliphatic rings. The summed E-state index contributed by atoms with van der Waals surface area (Å²) in [5.41, 5.74) is 1.26. The van der Waals surface area contributed by atoms with E-state index in [1.807, 2.05) is 25.1 Å². The topological polar surface area (TPSA) is 49.4 Å². The molecule has 1 atom stereocenters. The molecule has 1 saturated heterocycles. The standard InChI is InChI=1S/C14H17BrN2O2/c1-2-7-16-14(19)11-5-3-4-6-12(11)17-9-10(15)8-13(17)18/h3-6,10H,2,7-9H2,1H3,(H,16,19). The number of para-hydroxylation sites is 1. The summed E-state index contributed by atoms with van der Waals surface area (Å²) in [7, 11) is 0. The van der Waals surface area contributed by atoms with E-state index in [0.717, 1.165) is 6.42 Å². The third-order valence-corrected chi connectivity index (χ3v) is 3.67. The molecular formula is C14H17BrN2O2. The van der Waals surface area contributed by atoms with Gasteiger partial charge < -0.3 is 10.2 Å². The number of nitrogens with one attached hydrogen (secondary N) is 1. The first-order valence-corrected chi connectivity index (χ1v) is 7.36. The largest absolute Gasteiger partial charge is 0.352 e. The molecule has 4 nitrogen and oxygen atoms in total. The van der Waals surface area contributed by atoms with Crippen LogP contribution in [-0.2, 0) is 4.79 Å². The predicted molar refractivity (Wildman–Crippen MR) is 78.8 cm³/mol. The lowest BCUT2D eigenvalue weighted by atomic mass is 10.1. The number of rotatable bonds is 4. The lowest BCUT2D eigenvalue weighted by Crippen LogP contribution is -2.30. The van der Waals surface area contributed by atoms with Gasteiger partial charge in [0, 0.05) is 24.3 Å². The highest BCUT2D eigenvalue weighted by molar-refractivity contribution is 9.09. The molecule has 0 spiro atoms. The first kappa shape index (κ1) is 14.1. The monoisotopic (exact) mass is 324 g/mol. The van der Waals surface area contributed by atoms with Crippen LogP contribution in [0.1, 0.15) is 30.1 Å². The molecule has 1 aromatic carbocycles. The Morgan fingerprint density at radius 1 is 1.47 bits per heavy atom. The molecular weight excluding hydrogens is 308 g/mol. The Morgan fingerprint density at radius 2 is 2.21 bits per heavy atom. The van der Waals surface area contributed by atoms with Gasteiger partial charge in [-0.25, -0.2) is 0 Å². The van der Waals surface area contributed by atoms with Gasteiger partial charge in [0.1, 0.15) is 0 Å². The molecule has 0 saturated carbocycles. The number of benzene rings is 1. The summed E-state index contributed by atoms with van der Waals surface area (Å²) in [6, 6.07) is 7.25. The fraction of sp³-hybridized carbons (Fsp3) is 0.429. The van der Waals surface area contributed by atoms with Crippen LogP contribution in [-0.4, -0.2) is 29.7 Å². The van der Waals surface area contributed by atoms with Gasteiger partial charge in [0.05, 0.1) is 11.3 Å². The van der Waals surface area contributed by atoms with E-state index in [4.69, 9.17) is 0 Å². The molecule has 2 rings (SSSR count). The molecule has 2 amide bonds. The number of hydrogen-bond donors (Lipinski definition) is 1. The van der Waals surface area contributed by atoms with Gasteiger partial charge in [0.2, 0.25) is 5.91 Å². The third kappa shape index (κ3) is 3.15. The summed E-state index contributed by atoms with van der Waals surface area (Å²) in [5, 5.41) is 2.85. The van der Waals surface area contributed by atoms with E-state index < -0.39 is 0 Å². The lowest BCUT2D eigenvalue weighted by molar-refractivity contribution is -0.117. The number of anilines is 1. The summed E-state index contributed by atoms with van der Waals surface area (Å²) in [4.78, 5) is 25.9. The number of nitrogens with zero attached hydrogens (tertiary/aromatic N) is 1. The van der Waals surface area contributed by atoms with Gasteiger partial charge in [-0.15, -0.1) is 0 Å². The van der Waals surface area contributed by atoms with Crippen LogP contribution in [0.25, 0.3) is 0 Å². The second-order valence-corrected chi connectivity index (χ2v) is 5.87. The zero-order valence-electron chi connectivity index (χ0n) is 10.9. The van der Waals surface area contributed by atoms with E-state index in [0.29, 0.717) is 30.8 Å². The lowest BCUT2D eigenvalue weighted by Gasteiger charge is -2.19. The maximum atomic E-state index is 12.1. The maximum Gasteiger partial charge on any atom is 0.253 e. The molecule has 1 unspecified atom stereocenters. The molecule has 1 heterocycles. The quantitative estimate of drug-likeness (QED) is 0.864. The number of carbonyl (C=O) groups is 2. The number of alkyl halides is 1. The van der Waals surface area contributed by atoms with Crippen molar-refractivity contribution in [2.45, 2.75) is 24.6 Å². The Balaban J connectivity index is 2.26. The molecule has 0 aromatic heterocycles. The summed E-state index contributed by atoms with van der Waals surface area (Å²) in [5.74, 6) is -0.0686. The van der Waals surface area contributed by atoms with Gasteiger partial charge in [-0.1, -0.05) is 35.0 Å². The molecule has 1 aliphatic heterocycles. The number of amides is 2. The molecule has 1 N–H and O–H groups in total. The molecule has 19 heavy (non-hydrogen) atoms. The highest BCUT2D eigenvalue weighted by Gasteiger charge is 2.30. The van der Waals surface area contributed by atoms with E-state index in [2.05, 4.69) is 21.2 Å². The smallest absolute Gasteiger partial charge is 0.253 e. The first-order valence-electron chi connectivity index (χ1n) is 6.45. The van der Waals surface area contributed by atoms with Crippen molar-refractivity contribution < 1.29 is 9.59 Å². The summed E-state index contributed by atoms with van der Waals surface area (Å²) in [6.45, 7) is 3.25. The molecule has 5 heteroatoms. The molecule has 0 bridgehead atoms. The van der Waals surface area contributed by atoms with Gasteiger partial charge in [-0.3, -0.25) is 9.59 Å². The van der Waals surface area contributed by atoms with Gasteiger partial charge in [0.15, 0.2) is 0 Å². The third-order valence-electron chi connectivity index (χ3n) is 3.05. The Hall–Kier alpha value is -1.36. The SMILES string of the molecule is CCCNC(=O)c1ccccc1N1CC(Br)CC1=O. The molecule has 0 radical (unpaired) electrons. The van der Waals surface area contributed by atoms with Crippen molar-refractivity contribution in [3.05, 3.63) is 29.8 Å². The molecule has 1 fully saturated rings. The van der Waals surface area contributed by atoms with Crippen molar-refractivity contribution in [3.8, 4) is 0 Å². The minimum atomic E-state index is -0.122. The van der Waals surface area contributed by atoms with Crippen molar-refractivity contribution in [2.24, 2.45) is 0 Å². The Bertz CT molecular complexity index is 490. The Labute approximate surface area is 121 Å².